The van der Waals surface area contributed by atoms with E-state index >= 15 is 0 Å². The highest BCUT2D eigenvalue weighted by Crippen LogP contribution is 2.19. The molecule has 0 rings (SSSR count). The number of aliphatic hydroxyl groups is 2. The topological polar surface area (TPSA) is 95.9 Å². The molecule has 2 unspecified atom stereocenters. The van der Waals surface area contributed by atoms with Gasteiger partial charge in [-0.25, -0.2) is 0 Å². The number of ether oxygens (including phenoxy) is 1. The van der Waals surface area contributed by atoms with E-state index in [2.05, 4.69) is 31.3 Å². The number of aliphatic hydroxyl groups excluding tert-OH is 2. The third kappa shape index (κ3) is 61.8. The molecule has 76 heavy (non-hydrogen) atoms. The number of rotatable bonds is 66. The number of carbonyl (C=O) groups excluding carboxylic acids is 2. The molecule has 3 N–H and O–H groups in total. The molecule has 0 heterocycles. The zero-order valence-electron chi connectivity index (χ0n) is 51.8. The van der Waals surface area contributed by atoms with Gasteiger partial charge in [0.2, 0.25) is 5.91 Å². The van der Waals surface area contributed by atoms with Gasteiger partial charge in [0.25, 0.3) is 0 Å². The number of amides is 1. The lowest BCUT2D eigenvalue weighted by Gasteiger charge is -2.22. The number of hydrogen-bond donors (Lipinski definition) is 3. The van der Waals surface area contributed by atoms with E-state index in [1.165, 1.54) is 321 Å². The first-order valence-electron chi connectivity index (χ1n) is 34.9. The molecule has 0 fully saturated rings. The van der Waals surface area contributed by atoms with Crippen LogP contribution < -0.4 is 5.32 Å². The van der Waals surface area contributed by atoms with Crippen LogP contribution in [0.1, 0.15) is 399 Å². The molecule has 0 saturated heterocycles. The van der Waals surface area contributed by atoms with Crippen molar-refractivity contribution < 1.29 is 24.5 Å². The summed E-state index contributed by atoms with van der Waals surface area (Å²) in [5, 5.41) is 23.4. The number of allylic oxidation sites excluding steroid dienone is 2. The van der Waals surface area contributed by atoms with E-state index in [-0.39, 0.29) is 18.5 Å². The minimum Gasteiger partial charge on any atom is -0.466 e. The van der Waals surface area contributed by atoms with Gasteiger partial charge in [-0.3, -0.25) is 9.59 Å². The van der Waals surface area contributed by atoms with E-state index < -0.39 is 12.1 Å². The fourth-order valence-electron chi connectivity index (χ4n) is 11.2. The van der Waals surface area contributed by atoms with Gasteiger partial charge in [-0.05, 0) is 51.4 Å². The van der Waals surface area contributed by atoms with E-state index in [9.17, 15) is 19.8 Å². The minimum absolute atomic E-state index is 0.00802. The Morgan fingerprint density at radius 3 is 0.934 bits per heavy atom. The quantitative estimate of drug-likeness (QED) is 0.0320. The van der Waals surface area contributed by atoms with Gasteiger partial charge >= 0.3 is 5.97 Å². The second-order valence-electron chi connectivity index (χ2n) is 24.2. The molecule has 0 saturated carbocycles. The highest BCUT2D eigenvalue weighted by Gasteiger charge is 2.20. The van der Waals surface area contributed by atoms with Crippen LogP contribution >= 0.6 is 0 Å². The Morgan fingerprint density at radius 2 is 0.618 bits per heavy atom. The monoisotopic (exact) mass is 1070 g/mol. The Bertz CT molecular complexity index is 1140. The predicted octanol–water partition coefficient (Wildman–Crippen LogP) is 22.4. The fourth-order valence-corrected chi connectivity index (χ4v) is 11.2. The van der Waals surface area contributed by atoms with Crippen molar-refractivity contribution in [1.82, 2.24) is 5.32 Å². The summed E-state index contributed by atoms with van der Waals surface area (Å²) in [6, 6.07) is -0.541. The van der Waals surface area contributed by atoms with Crippen molar-refractivity contribution in [2.45, 2.75) is 411 Å². The Balaban J connectivity index is 3.36. The van der Waals surface area contributed by atoms with Gasteiger partial charge in [-0.2, -0.15) is 0 Å². The average molecular weight is 1070 g/mol. The summed E-state index contributed by atoms with van der Waals surface area (Å²) in [6.45, 7) is 4.98. The number of hydrogen-bond acceptors (Lipinski definition) is 5. The smallest absolute Gasteiger partial charge is 0.305 e. The number of esters is 1. The first-order chi connectivity index (χ1) is 37.5. The van der Waals surface area contributed by atoms with Crippen LogP contribution in [0.5, 0.6) is 0 Å². The van der Waals surface area contributed by atoms with Crippen LogP contribution in [0.15, 0.2) is 12.2 Å². The Labute approximate surface area is 476 Å². The third-order valence-electron chi connectivity index (χ3n) is 16.6. The third-order valence-corrected chi connectivity index (χ3v) is 16.6. The van der Waals surface area contributed by atoms with E-state index in [0.29, 0.717) is 25.9 Å². The second kappa shape index (κ2) is 66.1. The van der Waals surface area contributed by atoms with Gasteiger partial charge in [0, 0.05) is 12.8 Å². The zero-order chi connectivity index (χ0) is 55.0. The molecule has 1 amide bonds. The predicted molar refractivity (Wildman–Crippen MR) is 333 cm³/mol. The molecule has 0 aromatic carbocycles. The Morgan fingerprint density at radius 1 is 0.355 bits per heavy atom. The summed E-state index contributed by atoms with van der Waals surface area (Å²) in [5.74, 6) is -0.0210. The molecule has 2 atom stereocenters. The van der Waals surface area contributed by atoms with E-state index in [1.807, 2.05) is 0 Å². The van der Waals surface area contributed by atoms with Crippen molar-refractivity contribution >= 4 is 11.9 Å². The molecule has 6 nitrogen and oxygen atoms in total. The summed E-state index contributed by atoms with van der Waals surface area (Å²) >= 11 is 0. The van der Waals surface area contributed by atoms with Crippen molar-refractivity contribution in [3.8, 4) is 0 Å². The Kier molecular flexibility index (Phi) is 64.9. The SMILES string of the molecule is CCCCCCC/C=C\CCCCCCCC(=O)OCCCCCCCCCCCCCCCCCCCCCCCCCCC(=O)NC(CO)C(O)CCCCCCCCCCCCCCCCCCCCCCC. The maximum atomic E-state index is 12.5. The number of nitrogens with one attached hydrogen (secondary N) is 1. The van der Waals surface area contributed by atoms with Crippen LogP contribution in [0.25, 0.3) is 0 Å². The van der Waals surface area contributed by atoms with E-state index in [4.69, 9.17) is 4.74 Å². The summed E-state index contributed by atoms with van der Waals surface area (Å²) in [7, 11) is 0. The van der Waals surface area contributed by atoms with E-state index in [0.717, 1.165) is 44.9 Å². The van der Waals surface area contributed by atoms with Crippen LogP contribution in [-0.2, 0) is 14.3 Å². The van der Waals surface area contributed by atoms with Crippen molar-refractivity contribution in [1.29, 1.82) is 0 Å². The second-order valence-corrected chi connectivity index (χ2v) is 24.2. The maximum Gasteiger partial charge on any atom is 0.305 e. The van der Waals surface area contributed by atoms with Crippen molar-refractivity contribution in [3.63, 3.8) is 0 Å². The molecular weight excluding hydrogens is 935 g/mol. The van der Waals surface area contributed by atoms with Gasteiger partial charge in [-0.15, -0.1) is 0 Å². The molecule has 0 bridgehead atoms. The molecular formula is C70H137NO5. The molecule has 6 heteroatoms. The summed E-state index contributed by atoms with van der Waals surface area (Å²) in [6.07, 6.45) is 81.1. The first kappa shape index (κ1) is 74.6. The van der Waals surface area contributed by atoms with Gasteiger partial charge in [0.15, 0.2) is 0 Å². The van der Waals surface area contributed by atoms with Gasteiger partial charge in [0.05, 0.1) is 25.4 Å². The lowest BCUT2D eigenvalue weighted by molar-refractivity contribution is -0.143. The summed E-state index contributed by atoms with van der Waals surface area (Å²) in [4.78, 5) is 24.6. The molecule has 0 aromatic rings. The molecule has 452 valence electrons. The molecule has 0 aliphatic carbocycles. The first-order valence-corrected chi connectivity index (χ1v) is 34.9. The van der Waals surface area contributed by atoms with E-state index in [1.54, 1.807) is 0 Å². The van der Waals surface area contributed by atoms with Gasteiger partial charge in [-0.1, -0.05) is 347 Å². The lowest BCUT2D eigenvalue weighted by Crippen LogP contribution is -2.45. The fraction of sp³-hybridized carbons (Fsp3) is 0.943. The largest absolute Gasteiger partial charge is 0.466 e. The van der Waals surface area contributed by atoms with Crippen molar-refractivity contribution in [2.75, 3.05) is 13.2 Å². The lowest BCUT2D eigenvalue weighted by atomic mass is 10.0. The van der Waals surface area contributed by atoms with Crippen LogP contribution in [0.4, 0.5) is 0 Å². The van der Waals surface area contributed by atoms with Crippen LogP contribution in [0, 0.1) is 0 Å². The maximum absolute atomic E-state index is 12.5. The van der Waals surface area contributed by atoms with Gasteiger partial charge < -0.3 is 20.3 Å². The molecule has 0 aliphatic heterocycles. The van der Waals surface area contributed by atoms with Crippen LogP contribution in [0.2, 0.25) is 0 Å². The minimum atomic E-state index is -0.664. The molecule has 0 aliphatic rings. The van der Waals surface area contributed by atoms with Crippen molar-refractivity contribution in [3.05, 3.63) is 12.2 Å². The van der Waals surface area contributed by atoms with Gasteiger partial charge in [0.1, 0.15) is 0 Å². The summed E-state index contributed by atoms with van der Waals surface area (Å²) < 4.78 is 5.49. The molecule has 0 aromatic heterocycles. The standard InChI is InChI=1S/C70H137NO5/c1-3-5-7-9-11-13-15-17-19-20-21-26-29-32-35-38-42-46-50-54-58-62-68(73)67(66-72)71-69(74)63-59-55-51-47-43-39-36-33-30-27-24-22-23-25-28-31-34-37-41-45-49-53-57-61-65-76-70(75)64-60-56-52-48-44-40-18-16-14-12-10-8-6-4-2/h16,18,67-68,72-73H,3-15,17,19-66H2,1-2H3,(H,71,74)/b18-16-. The van der Waals surface area contributed by atoms with Crippen LogP contribution in [0.3, 0.4) is 0 Å². The number of carbonyl (C=O) groups is 2. The summed E-state index contributed by atoms with van der Waals surface area (Å²) in [5.41, 5.74) is 0. The molecule has 0 radical (unpaired) electrons. The highest BCUT2D eigenvalue weighted by molar-refractivity contribution is 5.76. The number of unbranched alkanes of at least 4 members (excludes halogenated alkanes) is 53. The van der Waals surface area contributed by atoms with Crippen LogP contribution in [-0.4, -0.2) is 47.4 Å². The highest BCUT2D eigenvalue weighted by atomic mass is 16.5. The average Bonchev–Trinajstić information content (AvgIpc) is 3.42. The normalized spacial score (nSPS) is 12.5. The zero-order valence-corrected chi connectivity index (χ0v) is 51.8. The molecule has 0 spiro atoms. The Hall–Kier alpha value is -1.40. The van der Waals surface area contributed by atoms with Crippen molar-refractivity contribution in [2.24, 2.45) is 0 Å².